The van der Waals surface area contributed by atoms with Gasteiger partial charge in [-0.25, -0.2) is 4.68 Å². The maximum absolute atomic E-state index is 5.97. The average molecular weight is 247 g/mol. The first-order chi connectivity index (χ1) is 8.72. The minimum Gasteiger partial charge on any atom is -0.398 e. The molecule has 0 saturated heterocycles. The lowest BCUT2D eigenvalue weighted by molar-refractivity contribution is 0.189. The van der Waals surface area contributed by atoms with Gasteiger partial charge < -0.3 is 10.5 Å². The monoisotopic (exact) mass is 247 g/mol. The molecular weight excluding hydrogens is 230 g/mol. The summed E-state index contributed by atoms with van der Waals surface area (Å²) in [6, 6.07) is 5.84. The van der Waals surface area contributed by atoms with Crippen molar-refractivity contribution in [3.63, 3.8) is 0 Å². The molecule has 0 amide bonds. The lowest BCUT2D eigenvalue weighted by Gasteiger charge is -2.07. The molecule has 96 valence electrons. The van der Waals surface area contributed by atoms with Crippen LogP contribution in [0.25, 0.3) is 11.4 Å². The van der Waals surface area contributed by atoms with Gasteiger partial charge in [-0.1, -0.05) is 11.6 Å². The summed E-state index contributed by atoms with van der Waals surface area (Å²) < 4.78 is 6.78. The molecule has 2 aromatic rings. The van der Waals surface area contributed by atoms with Crippen molar-refractivity contribution in [3.05, 3.63) is 23.8 Å². The summed E-state index contributed by atoms with van der Waals surface area (Å²) >= 11 is 0. The van der Waals surface area contributed by atoms with Crippen molar-refractivity contribution >= 4 is 5.69 Å². The summed E-state index contributed by atoms with van der Waals surface area (Å²) in [7, 11) is 1.68. The SMILES string of the molecule is COCCCn1nnnc1-c1cc(C)ccc1N. The second kappa shape index (κ2) is 5.59. The number of nitrogens with zero attached hydrogens (tertiary/aromatic N) is 4. The number of aryl methyl sites for hydroxylation is 2. The highest BCUT2D eigenvalue weighted by Gasteiger charge is 2.11. The third-order valence-electron chi connectivity index (χ3n) is 2.70. The zero-order valence-corrected chi connectivity index (χ0v) is 10.6. The molecule has 0 radical (unpaired) electrons. The highest BCUT2D eigenvalue weighted by Crippen LogP contribution is 2.24. The molecule has 2 rings (SSSR count). The first-order valence-electron chi connectivity index (χ1n) is 5.84. The van der Waals surface area contributed by atoms with E-state index in [1.165, 1.54) is 0 Å². The van der Waals surface area contributed by atoms with Crippen LogP contribution in [0.5, 0.6) is 0 Å². The van der Waals surface area contributed by atoms with Gasteiger partial charge in [0, 0.05) is 31.5 Å². The topological polar surface area (TPSA) is 78.8 Å². The molecule has 0 aliphatic carbocycles. The summed E-state index contributed by atoms with van der Waals surface area (Å²) in [5.41, 5.74) is 8.66. The molecule has 1 heterocycles. The second-order valence-corrected chi connectivity index (χ2v) is 4.16. The Bertz CT molecular complexity index is 523. The molecule has 0 aliphatic rings. The Morgan fingerprint density at radius 3 is 3.00 bits per heavy atom. The van der Waals surface area contributed by atoms with Gasteiger partial charge in [0.05, 0.1) is 0 Å². The van der Waals surface area contributed by atoms with Gasteiger partial charge in [-0.05, 0) is 35.9 Å². The molecule has 18 heavy (non-hydrogen) atoms. The van der Waals surface area contributed by atoms with Crippen LogP contribution in [0.3, 0.4) is 0 Å². The molecule has 1 aromatic heterocycles. The number of rotatable bonds is 5. The van der Waals surface area contributed by atoms with Crippen molar-refractivity contribution in [1.29, 1.82) is 0 Å². The molecule has 6 heteroatoms. The number of hydrogen-bond acceptors (Lipinski definition) is 5. The van der Waals surface area contributed by atoms with Crippen LogP contribution < -0.4 is 5.73 Å². The Kier molecular flexibility index (Phi) is 3.88. The Morgan fingerprint density at radius 1 is 1.39 bits per heavy atom. The van der Waals surface area contributed by atoms with Crippen LogP contribution in [0.2, 0.25) is 0 Å². The number of nitrogens with two attached hydrogens (primary N) is 1. The zero-order valence-electron chi connectivity index (χ0n) is 10.6. The Balaban J connectivity index is 2.27. The molecule has 0 fully saturated rings. The number of ether oxygens (including phenoxy) is 1. The first kappa shape index (κ1) is 12.5. The van der Waals surface area contributed by atoms with E-state index < -0.39 is 0 Å². The van der Waals surface area contributed by atoms with E-state index >= 15 is 0 Å². The number of tetrazole rings is 1. The Morgan fingerprint density at radius 2 is 2.22 bits per heavy atom. The third kappa shape index (κ3) is 2.65. The number of methoxy groups -OCH3 is 1. The van der Waals surface area contributed by atoms with E-state index in [-0.39, 0.29) is 0 Å². The van der Waals surface area contributed by atoms with Gasteiger partial charge in [-0.3, -0.25) is 0 Å². The molecule has 0 unspecified atom stereocenters. The summed E-state index contributed by atoms with van der Waals surface area (Å²) in [4.78, 5) is 0. The zero-order chi connectivity index (χ0) is 13.0. The number of hydrogen-bond donors (Lipinski definition) is 1. The van der Waals surface area contributed by atoms with Crippen LogP contribution in [0.1, 0.15) is 12.0 Å². The van der Waals surface area contributed by atoms with Crippen molar-refractivity contribution in [2.24, 2.45) is 0 Å². The number of anilines is 1. The van der Waals surface area contributed by atoms with Crippen LogP contribution in [0.4, 0.5) is 5.69 Å². The molecule has 0 spiro atoms. The molecule has 2 N–H and O–H groups in total. The Hall–Kier alpha value is -1.95. The summed E-state index contributed by atoms with van der Waals surface area (Å²) in [6.45, 7) is 3.41. The summed E-state index contributed by atoms with van der Waals surface area (Å²) in [5, 5.41) is 11.7. The molecule has 6 nitrogen and oxygen atoms in total. The predicted molar refractivity (Wildman–Crippen MR) is 68.9 cm³/mol. The number of nitrogen functional groups attached to an aromatic ring is 1. The van der Waals surface area contributed by atoms with Gasteiger partial charge in [0.1, 0.15) is 0 Å². The van der Waals surface area contributed by atoms with Crippen LogP contribution in [0, 0.1) is 6.92 Å². The minimum absolute atomic E-state index is 0.683. The van der Waals surface area contributed by atoms with Crippen LogP contribution >= 0.6 is 0 Å². The average Bonchev–Trinajstić information content (AvgIpc) is 2.81. The van der Waals surface area contributed by atoms with Crippen molar-refractivity contribution < 1.29 is 4.74 Å². The van der Waals surface area contributed by atoms with Gasteiger partial charge >= 0.3 is 0 Å². The third-order valence-corrected chi connectivity index (χ3v) is 2.70. The van der Waals surface area contributed by atoms with Crippen molar-refractivity contribution in [3.8, 4) is 11.4 Å². The normalized spacial score (nSPS) is 10.8. The van der Waals surface area contributed by atoms with E-state index in [1.54, 1.807) is 11.8 Å². The molecule has 0 saturated carbocycles. The van der Waals surface area contributed by atoms with Crippen molar-refractivity contribution in [2.75, 3.05) is 19.5 Å². The van der Waals surface area contributed by atoms with E-state index in [0.29, 0.717) is 24.7 Å². The maximum atomic E-state index is 5.97. The standard InChI is InChI=1S/C12H17N5O/c1-9-4-5-11(13)10(8-9)12-14-15-16-17(12)6-3-7-18-2/h4-5,8H,3,6-7,13H2,1-2H3. The fourth-order valence-electron chi connectivity index (χ4n) is 1.77. The first-order valence-corrected chi connectivity index (χ1v) is 5.84. The molecule has 0 atom stereocenters. The van der Waals surface area contributed by atoms with Gasteiger partial charge in [-0.2, -0.15) is 0 Å². The highest BCUT2D eigenvalue weighted by atomic mass is 16.5. The number of aromatic nitrogens is 4. The van der Waals surface area contributed by atoms with Gasteiger partial charge in [0.2, 0.25) is 0 Å². The van der Waals surface area contributed by atoms with E-state index in [0.717, 1.165) is 17.5 Å². The molecule has 0 bridgehead atoms. The second-order valence-electron chi connectivity index (χ2n) is 4.16. The van der Waals surface area contributed by atoms with Gasteiger partial charge in [0.15, 0.2) is 5.82 Å². The fourth-order valence-corrected chi connectivity index (χ4v) is 1.77. The predicted octanol–water partition coefficient (Wildman–Crippen LogP) is 1.27. The quantitative estimate of drug-likeness (QED) is 0.635. The summed E-state index contributed by atoms with van der Waals surface area (Å²) in [6.07, 6.45) is 0.861. The molecule has 1 aromatic carbocycles. The molecular formula is C12H17N5O. The van der Waals surface area contributed by atoms with Crippen molar-refractivity contribution in [1.82, 2.24) is 20.2 Å². The highest BCUT2D eigenvalue weighted by molar-refractivity contribution is 5.71. The van der Waals surface area contributed by atoms with E-state index in [1.807, 2.05) is 25.1 Å². The number of benzene rings is 1. The van der Waals surface area contributed by atoms with E-state index in [2.05, 4.69) is 15.5 Å². The maximum Gasteiger partial charge on any atom is 0.184 e. The van der Waals surface area contributed by atoms with E-state index in [4.69, 9.17) is 10.5 Å². The van der Waals surface area contributed by atoms with Gasteiger partial charge in [0.25, 0.3) is 0 Å². The van der Waals surface area contributed by atoms with E-state index in [9.17, 15) is 0 Å². The minimum atomic E-state index is 0.683. The lowest BCUT2D eigenvalue weighted by atomic mass is 10.1. The molecule has 0 aliphatic heterocycles. The lowest BCUT2D eigenvalue weighted by Crippen LogP contribution is -2.06. The van der Waals surface area contributed by atoms with Crippen LogP contribution in [0.15, 0.2) is 18.2 Å². The van der Waals surface area contributed by atoms with Crippen LogP contribution in [-0.2, 0) is 11.3 Å². The smallest absolute Gasteiger partial charge is 0.184 e. The largest absolute Gasteiger partial charge is 0.398 e. The van der Waals surface area contributed by atoms with Crippen LogP contribution in [-0.4, -0.2) is 33.9 Å². The summed E-state index contributed by atoms with van der Waals surface area (Å²) in [5.74, 6) is 0.701. The van der Waals surface area contributed by atoms with Crippen molar-refractivity contribution in [2.45, 2.75) is 19.9 Å². The Labute approximate surface area is 106 Å². The van der Waals surface area contributed by atoms with Gasteiger partial charge in [-0.15, -0.1) is 5.10 Å². The fraction of sp³-hybridized carbons (Fsp3) is 0.417.